The first-order chi connectivity index (χ1) is 5.36. The minimum atomic E-state index is 0.631. The zero-order valence-corrected chi connectivity index (χ0v) is 6.04. The molecule has 1 rings (SSSR count). The van der Waals surface area contributed by atoms with Crippen LogP contribution in [-0.4, -0.2) is 0 Å². The molecule has 0 aliphatic rings. The molecule has 0 fully saturated rings. The molecule has 11 heavy (non-hydrogen) atoms. The molecule has 3 heteroatoms. The Morgan fingerprint density at radius 2 is 2.00 bits per heavy atom. The summed E-state index contributed by atoms with van der Waals surface area (Å²) in [6, 6.07) is 9.33. The Balaban J connectivity index is 2.76. The summed E-state index contributed by atoms with van der Waals surface area (Å²) in [7, 11) is 0. The van der Waals surface area contributed by atoms with E-state index in [1.165, 1.54) is 0 Å². The Labute approximate surface area is 65.4 Å². The van der Waals surface area contributed by atoms with Gasteiger partial charge in [-0.2, -0.15) is 5.26 Å². The van der Waals surface area contributed by atoms with Gasteiger partial charge in [-0.3, -0.25) is 11.3 Å². The van der Waals surface area contributed by atoms with E-state index in [0.29, 0.717) is 12.1 Å². The summed E-state index contributed by atoms with van der Waals surface area (Å²) in [6.45, 7) is 0.631. The molecule has 0 saturated carbocycles. The van der Waals surface area contributed by atoms with Gasteiger partial charge in [0, 0.05) is 6.54 Å². The topological polar surface area (TPSA) is 61.8 Å². The Kier molecular flexibility index (Phi) is 2.61. The van der Waals surface area contributed by atoms with Crippen LogP contribution in [0.4, 0.5) is 0 Å². The van der Waals surface area contributed by atoms with Gasteiger partial charge in [-0.25, -0.2) is 0 Å². The molecule has 1 aromatic rings. The molecular weight excluding hydrogens is 138 g/mol. The Morgan fingerprint density at radius 1 is 1.36 bits per heavy atom. The largest absolute Gasteiger partial charge is 0.271 e. The molecule has 0 atom stereocenters. The highest BCUT2D eigenvalue weighted by Gasteiger charge is 1.90. The molecule has 0 amide bonds. The number of hydrazine groups is 1. The zero-order chi connectivity index (χ0) is 8.10. The number of rotatable bonds is 2. The van der Waals surface area contributed by atoms with Crippen molar-refractivity contribution in [2.75, 3.05) is 0 Å². The lowest BCUT2D eigenvalue weighted by Crippen LogP contribution is -2.20. The summed E-state index contributed by atoms with van der Waals surface area (Å²) in [5.74, 6) is 5.12. The fraction of sp³-hybridized carbons (Fsp3) is 0.125. The van der Waals surface area contributed by atoms with Gasteiger partial charge in [-0.15, -0.1) is 0 Å². The van der Waals surface area contributed by atoms with E-state index >= 15 is 0 Å². The van der Waals surface area contributed by atoms with Crippen molar-refractivity contribution >= 4 is 0 Å². The average molecular weight is 147 g/mol. The van der Waals surface area contributed by atoms with Gasteiger partial charge in [0.2, 0.25) is 0 Å². The number of nitrogens with two attached hydrogens (primary N) is 1. The number of nitrogens with zero attached hydrogens (tertiary/aromatic N) is 1. The molecule has 1 aromatic carbocycles. The third-order valence-corrected chi connectivity index (χ3v) is 1.39. The van der Waals surface area contributed by atoms with Gasteiger partial charge in [0.15, 0.2) is 0 Å². The zero-order valence-electron chi connectivity index (χ0n) is 6.04. The van der Waals surface area contributed by atoms with Crippen LogP contribution in [0.3, 0.4) is 0 Å². The second-order valence-electron chi connectivity index (χ2n) is 2.19. The van der Waals surface area contributed by atoms with Crippen molar-refractivity contribution < 1.29 is 0 Å². The smallest absolute Gasteiger partial charge is 0.0991 e. The molecule has 0 radical (unpaired) electrons. The van der Waals surface area contributed by atoms with Crippen LogP contribution >= 0.6 is 0 Å². The van der Waals surface area contributed by atoms with Crippen molar-refractivity contribution in [1.29, 1.82) is 5.26 Å². The van der Waals surface area contributed by atoms with Crippen molar-refractivity contribution in [1.82, 2.24) is 5.43 Å². The predicted octanol–water partition coefficient (Wildman–Crippen LogP) is 0.522. The molecule has 3 nitrogen and oxygen atoms in total. The minimum absolute atomic E-state index is 0.631. The molecule has 56 valence electrons. The van der Waals surface area contributed by atoms with Crippen molar-refractivity contribution in [3.63, 3.8) is 0 Å². The van der Waals surface area contributed by atoms with Gasteiger partial charge < -0.3 is 0 Å². The van der Waals surface area contributed by atoms with Crippen LogP contribution in [0.5, 0.6) is 0 Å². The quantitative estimate of drug-likeness (QED) is 0.473. The van der Waals surface area contributed by atoms with Crippen molar-refractivity contribution in [3.8, 4) is 6.07 Å². The average Bonchev–Trinajstić information content (AvgIpc) is 2.07. The van der Waals surface area contributed by atoms with Gasteiger partial charge in [-0.1, -0.05) is 12.1 Å². The van der Waals surface area contributed by atoms with Gasteiger partial charge in [0.25, 0.3) is 0 Å². The first-order valence-electron chi connectivity index (χ1n) is 3.29. The molecule has 0 aromatic heterocycles. The Morgan fingerprint density at radius 3 is 2.45 bits per heavy atom. The normalized spacial score (nSPS) is 9.09. The Bertz CT molecular complexity index is 258. The predicted molar refractivity (Wildman–Crippen MR) is 42.2 cm³/mol. The van der Waals surface area contributed by atoms with Gasteiger partial charge >= 0.3 is 0 Å². The molecular formula is C8H9N3. The highest BCUT2D eigenvalue weighted by Crippen LogP contribution is 2.01. The van der Waals surface area contributed by atoms with Crippen LogP contribution in [0.25, 0.3) is 0 Å². The maximum absolute atomic E-state index is 8.47. The molecule has 0 saturated heterocycles. The molecule has 0 heterocycles. The van der Waals surface area contributed by atoms with E-state index in [9.17, 15) is 0 Å². The van der Waals surface area contributed by atoms with Gasteiger partial charge in [0.1, 0.15) is 0 Å². The monoisotopic (exact) mass is 147 g/mol. The standard InChI is InChI=1S/C8H9N3/c9-5-7-1-3-8(4-2-7)6-11-10/h1-4,11H,6,10H2. The number of hydrogen-bond acceptors (Lipinski definition) is 3. The van der Waals surface area contributed by atoms with E-state index in [4.69, 9.17) is 11.1 Å². The van der Waals surface area contributed by atoms with E-state index in [0.717, 1.165) is 5.56 Å². The van der Waals surface area contributed by atoms with Crippen LogP contribution in [0, 0.1) is 11.3 Å². The first-order valence-corrected chi connectivity index (χ1v) is 3.29. The number of nitriles is 1. The van der Waals surface area contributed by atoms with E-state index in [-0.39, 0.29) is 0 Å². The third kappa shape index (κ3) is 2.04. The molecule has 0 bridgehead atoms. The molecule has 0 aliphatic carbocycles. The second kappa shape index (κ2) is 3.71. The van der Waals surface area contributed by atoms with Crippen LogP contribution in [-0.2, 0) is 6.54 Å². The Hall–Kier alpha value is -1.37. The fourth-order valence-electron chi connectivity index (χ4n) is 0.815. The van der Waals surface area contributed by atoms with E-state index in [2.05, 4.69) is 5.43 Å². The maximum Gasteiger partial charge on any atom is 0.0991 e. The summed E-state index contributed by atoms with van der Waals surface area (Å²) >= 11 is 0. The van der Waals surface area contributed by atoms with Crippen LogP contribution in [0.1, 0.15) is 11.1 Å². The van der Waals surface area contributed by atoms with Crippen LogP contribution in [0.15, 0.2) is 24.3 Å². The maximum atomic E-state index is 8.47. The number of hydrogen-bond donors (Lipinski definition) is 2. The summed E-state index contributed by atoms with van der Waals surface area (Å²) in [4.78, 5) is 0. The van der Waals surface area contributed by atoms with Crippen molar-refractivity contribution in [3.05, 3.63) is 35.4 Å². The summed E-state index contributed by atoms with van der Waals surface area (Å²) in [5.41, 5.74) is 4.29. The lowest BCUT2D eigenvalue weighted by molar-refractivity contribution is 0.741. The second-order valence-corrected chi connectivity index (χ2v) is 2.19. The van der Waals surface area contributed by atoms with E-state index in [1.54, 1.807) is 12.1 Å². The third-order valence-electron chi connectivity index (χ3n) is 1.39. The number of benzene rings is 1. The molecule has 0 spiro atoms. The summed E-state index contributed by atoms with van der Waals surface area (Å²) in [5, 5.41) is 8.47. The van der Waals surface area contributed by atoms with Gasteiger partial charge in [-0.05, 0) is 17.7 Å². The molecule has 0 unspecified atom stereocenters. The summed E-state index contributed by atoms with van der Waals surface area (Å²) in [6.07, 6.45) is 0. The van der Waals surface area contributed by atoms with E-state index < -0.39 is 0 Å². The summed E-state index contributed by atoms with van der Waals surface area (Å²) < 4.78 is 0. The highest BCUT2D eigenvalue weighted by molar-refractivity contribution is 5.31. The SMILES string of the molecule is N#Cc1ccc(CNN)cc1. The van der Waals surface area contributed by atoms with Gasteiger partial charge in [0.05, 0.1) is 11.6 Å². The first kappa shape index (κ1) is 7.73. The van der Waals surface area contributed by atoms with Crippen molar-refractivity contribution in [2.24, 2.45) is 5.84 Å². The lowest BCUT2D eigenvalue weighted by atomic mass is 10.1. The van der Waals surface area contributed by atoms with E-state index in [1.807, 2.05) is 18.2 Å². The lowest BCUT2D eigenvalue weighted by Gasteiger charge is -1.97. The molecule has 0 aliphatic heterocycles. The highest BCUT2D eigenvalue weighted by atomic mass is 15.2. The van der Waals surface area contributed by atoms with Crippen LogP contribution in [0.2, 0.25) is 0 Å². The van der Waals surface area contributed by atoms with Crippen LogP contribution < -0.4 is 11.3 Å². The number of nitrogens with one attached hydrogen (secondary N) is 1. The molecule has 3 N–H and O–H groups in total. The van der Waals surface area contributed by atoms with Crippen molar-refractivity contribution in [2.45, 2.75) is 6.54 Å². The fourth-order valence-corrected chi connectivity index (χ4v) is 0.815. The minimum Gasteiger partial charge on any atom is -0.271 e.